The molecule has 0 aliphatic carbocycles. The zero-order valence-corrected chi connectivity index (χ0v) is 28.2. The highest BCUT2D eigenvalue weighted by Crippen LogP contribution is 2.44. The lowest BCUT2D eigenvalue weighted by Gasteiger charge is -2.27. The fourth-order valence-corrected chi connectivity index (χ4v) is 14.8. The highest BCUT2D eigenvalue weighted by atomic mass is 33.5. The Labute approximate surface area is 243 Å². The SMILES string of the molecule is COC(C(CSSSCC(c1nc2ccccc2s1)C(OC)[Si](C)C)c1nc2ccccc2s1)[Si](C)C. The van der Waals surface area contributed by atoms with Crippen LogP contribution in [0.3, 0.4) is 0 Å². The number of rotatable bonds is 14. The van der Waals surface area contributed by atoms with Gasteiger partial charge in [-0.15, -0.1) is 22.7 Å². The number of para-hydroxylation sites is 2. The predicted octanol–water partition coefficient (Wildman–Crippen LogP) is 8.42. The molecule has 2 heterocycles. The normalized spacial score (nSPS) is 15.6. The van der Waals surface area contributed by atoms with Crippen molar-refractivity contribution in [3.8, 4) is 0 Å². The van der Waals surface area contributed by atoms with Gasteiger partial charge in [0, 0.05) is 37.6 Å². The summed E-state index contributed by atoms with van der Waals surface area (Å²) in [4.78, 5) is 10.0. The fraction of sp³-hybridized carbons (Fsp3) is 0.462. The van der Waals surface area contributed by atoms with E-state index in [1.807, 2.05) is 68.3 Å². The average molecular weight is 623 g/mol. The second kappa shape index (κ2) is 14.3. The maximum absolute atomic E-state index is 6.04. The number of nitrogens with zero attached hydrogens (tertiary/aromatic N) is 2. The molecule has 4 unspecified atom stereocenters. The highest BCUT2D eigenvalue weighted by Gasteiger charge is 2.31. The smallest absolute Gasteiger partial charge is 0.100 e. The van der Waals surface area contributed by atoms with Crippen molar-refractivity contribution < 1.29 is 9.47 Å². The van der Waals surface area contributed by atoms with Gasteiger partial charge in [-0.2, -0.15) is 0 Å². The molecule has 198 valence electrons. The summed E-state index contributed by atoms with van der Waals surface area (Å²) in [6.07, 6.45) is 0. The lowest BCUT2D eigenvalue weighted by molar-refractivity contribution is 0.144. The van der Waals surface area contributed by atoms with E-state index in [0.717, 1.165) is 22.5 Å². The number of ether oxygens (including phenoxy) is 2. The molecule has 2 aromatic heterocycles. The molecule has 4 nitrogen and oxygen atoms in total. The molecule has 11 heteroatoms. The Morgan fingerprint density at radius 1 is 0.703 bits per heavy atom. The molecule has 4 atom stereocenters. The van der Waals surface area contributed by atoms with E-state index in [4.69, 9.17) is 19.4 Å². The lowest BCUT2D eigenvalue weighted by Crippen LogP contribution is -2.34. The van der Waals surface area contributed by atoms with Crippen LogP contribution in [0, 0.1) is 0 Å². The summed E-state index contributed by atoms with van der Waals surface area (Å²) >= 11 is 3.64. The van der Waals surface area contributed by atoms with Crippen LogP contribution < -0.4 is 0 Å². The Morgan fingerprint density at radius 2 is 1.11 bits per heavy atom. The molecule has 0 fully saturated rings. The minimum absolute atomic E-state index is 0.238. The van der Waals surface area contributed by atoms with Gasteiger partial charge in [-0.25, -0.2) is 9.97 Å². The van der Waals surface area contributed by atoms with Gasteiger partial charge in [0.05, 0.1) is 49.5 Å². The quantitative estimate of drug-likeness (QED) is 0.0795. The number of hydrogen-bond donors (Lipinski definition) is 0. The summed E-state index contributed by atoms with van der Waals surface area (Å²) in [5.41, 5.74) is 2.66. The van der Waals surface area contributed by atoms with Gasteiger partial charge < -0.3 is 9.47 Å². The molecule has 0 spiro atoms. The number of fused-ring (bicyclic) bond motifs is 2. The minimum atomic E-state index is -0.639. The number of methoxy groups -OCH3 is 2. The molecule has 37 heavy (non-hydrogen) atoms. The van der Waals surface area contributed by atoms with Gasteiger partial charge in [0.1, 0.15) is 10.0 Å². The lowest BCUT2D eigenvalue weighted by atomic mass is 10.2. The molecule has 0 aliphatic heterocycles. The molecule has 2 radical (unpaired) electrons. The minimum Gasteiger partial charge on any atom is -0.384 e. The van der Waals surface area contributed by atoms with Gasteiger partial charge in [-0.1, -0.05) is 72.0 Å². The predicted molar refractivity (Wildman–Crippen MR) is 174 cm³/mol. The first-order valence-corrected chi connectivity index (χ1v) is 22.8. The number of benzene rings is 2. The zero-order chi connectivity index (χ0) is 26.4. The van der Waals surface area contributed by atoms with Crippen LogP contribution in [-0.4, -0.2) is 64.7 Å². The second-order valence-corrected chi connectivity index (χ2v) is 21.3. The molecular weight excluding hydrogens is 589 g/mol. The van der Waals surface area contributed by atoms with Gasteiger partial charge in [0.25, 0.3) is 0 Å². The van der Waals surface area contributed by atoms with E-state index >= 15 is 0 Å². The summed E-state index contributed by atoms with van der Waals surface area (Å²) < 4.78 is 14.6. The van der Waals surface area contributed by atoms with Crippen molar-refractivity contribution in [1.29, 1.82) is 0 Å². The molecule has 4 aromatic rings. The van der Waals surface area contributed by atoms with E-state index in [0.29, 0.717) is 11.8 Å². The Hall–Kier alpha value is -0.376. The van der Waals surface area contributed by atoms with Crippen molar-refractivity contribution in [3.63, 3.8) is 0 Å². The van der Waals surface area contributed by atoms with Crippen LogP contribution in [0.4, 0.5) is 0 Å². The Morgan fingerprint density at radius 3 is 1.46 bits per heavy atom. The van der Waals surface area contributed by atoms with Crippen LogP contribution in [0.1, 0.15) is 21.9 Å². The Kier molecular flexibility index (Phi) is 11.5. The van der Waals surface area contributed by atoms with Gasteiger partial charge in [0.15, 0.2) is 0 Å². The van der Waals surface area contributed by atoms with Crippen LogP contribution in [0.5, 0.6) is 0 Å². The molecule has 0 N–H and O–H groups in total. The van der Waals surface area contributed by atoms with E-state index in [1.54, 1.807) is 0 Å². The van der Waals surface area contributed by atoms with Gasteiger partial charge in [0.2, 0.25) is 0 Å². The first-order chi connectivity index (χ1) is 17.9. The molecule has 0 bridgehead atoms. The van der Waals surface area contributed by atoms with Gasteiger partial charge in [-0.3, -0.25) is 0 Å². The molecule has 0 amide bonds. The summed E-state index contributed by atoms with van der Waals surface area (Å²) in [6, 6.07) is 16.9. The molecule has 4 rings (SSSR count). The highest BCUT2D eigenvalue weighted by molar-refractivity contribution is 9.09. The summed E-state index contributed by atoms with van der Waals surface area (Å²) in [5, 5.41) is 2.40. The summed E-state index contributed by atoms with van der Waals surface area (Å²) in [7, 11) is 8.19. The third-order valence-corrected chi connectivity index (χ3v) is 16.4. The second-order valence-electron chi connectivity index (χ2n) is 9.36. The number of aromatic nitrogens is 2. The average Bonchev–Trinajstić information content (AvgIpc) is 3.51. The van der Waals surface area contributed by atoms with E-state index in [2.05, 4.69) is 74.7 Å². The van der Waals surface area contributed by atoms with Crippen molar-refractivity contribution in [2.75, 3.05) is 25.7 Å². The topological polar surface area (TPSA) is 44.2 Å². The van der Waals surface area contributed by atoms with E-state index in [-0.39, 0.29) is 11.5 Å². The van der Waals surface area contributed by atoms with Gasteiger partial charge in [-0.05, 0) is 34.1 Å². The molecule has 0 saturated carbocycles. The Balaban J connectivity index is 1.43. The first kappa shape index (κ1) is 29.6. The fourth-order valence-electron chi connectivity index (χ4n) is 4.51. The number of thiazole rings is 2. The third kappa shape index (κ3) is 7.43. The molecular formula is C26H34N2O2S5Si2. The molecule has 2 aromatic carbocycles. The van der Waals surface area contributed by atoms with Crippen LogP contribution in [0.2, 0.25) is 26.2 Å². The largest absolute Gasteiger partial charge is 0.384 e. The van der Waals surface area contributed by atoms with E-state index in [9.17, 15) is 0 Å². The van der Waals surface area contributed by atoms with Gasteiger partial charge >= 0.3 is 0 Å². The Bertz CT molecular complexity index is 1110. The maximum Gasteiger partial charge on any atom is 0.100 e. The first-order valence-electron chi connectivity index (χ1n) is 12.2. The van der Waals surface area contributed by atoms with E-state index in [1.165, 1.54) is 19.4 Å². The summed E-state index contributed by atoms with van der Waals surface area (Å²) in [5.74, 6) is 2.58. The van der Waals surface area contributed by atoms with E-state index < -0.39 is 17.6 Å². The van der Waals surface area contributed by atoms with Crippen LogP contribution in [0.15, 0.2) is 48.5 Å². The van der Waals surface area contributed by atoms with Crippen molar-refractivity contribution in [2.24, 2.45) is 0 Å². The van der Waals surface area contributed by atoms with Crippen molar-refractivity contribution in [1.82, 2.24) is 9.97 Å². The molecule has 0 aliphatic rings. The zero-order valence-electron chi connectivity index (χ0n) is 22.1. The summed E-state index contributed by atoms with van der Waals surface area (Å²) in [6.45, 7) is 9.36. The van der Waals surface area contributed by atoms with Crippen molar-refractivity contribution in [3.05, 3.63) is 58.5 Å². The van der Waals surface area contributed by atoms with Crippen LogP contribution >= 0.6 is 54.1 Å². The van der Waals surface area contributed by atoms with Crippen molar-refractivity contribution >= 4 is 92.1 Å². The molecule has 0 saturated heterocycles. The standard InChI is InChI=1S/C26H34N2O2S5Si2/c1-29-25(36(3)4)17(23-27-19-11-7-9-13-21(19)33-23)15-31-35-32-16-18(26(30-2)37(5)6)24-28-20-12-8-10-14-22(20)34-24/h7-14,17-18,25-26H,15-16H2,1-6H3. The van der Waals surface area contributed by atoms with Crippen LogP contribution in [-0.2, 0) is 9.47 Å². The van der Waals surface area contributed by atoms with Crippen molar-refractivity contribution in [2.45, 2.75) is 49.5 Å². The maximum atomic E-state index is 6.04. The monoisotopic (exact) mass is 622 g/mol. The van der Waals surface area contributed by atoms with Crippen LogP contribution in [0.25, 0.3) is 20.4 Å². The number of hydrogen-bond acceptors (Lipinski definition) is 9. The third-order valence-electron chi connectivity index (χ3n) is 6.22.